The molecule has 116 valence electrons. The first-order valence-corrected chi connectivity index (χ1v) is 7.39. The van der Waals surface area contributed by atoms with Gasteiger partial charge >= 0.3 is 6.03 Å². The van der Waals surface area contributed by atoms with Crippen molar-refractivity contribution < 1.29 is 9.53 Å². The van der Waals surface area contributed by atoms with Crippen LogP contribution >= 0.6 is 11.6 Å². The minimum atomic E-state index is -0.238. The summed E-state index contributed by atoms with van der Waals surface area (Å²) in [5.41, 5.74) is 1.88. The Morgan fingerprint density at radius 1 is 1.23 bits per heavy atom. The van der Waals surface area contributed by atoms with Gasteiger partial charge in [-0.25, -0.2) is 4.79 Å². The Labute approximate surface area is 135 Å². The molecule has 0 aliphatic rings. The number of nitrogens with one attached hydrogen (secondary N) is 2. The number of amides is 2. The Balaban J connectivity index is 1.90. The van der Waals surface area contributed by atoms with Crippen LogP contribution in [0.5, 0.6) is 5.75 Å². The van der Waals surface area contributed by atoms with Gasteiger partial charge in [0.1, 0.15) is 5.75 Å². The summed E-state index contributed by atoms with van der Waals surface area (Å²) in [5, 5.41) is 6.36. The van der Waals surface area contributed by atoms with Crippen LogP contribution in [-0.2, 0) is 6.54 Å². The number of benzene rings is 2. The number of rotatable bonds is 5. The fraction of sp³-hybridized carbons (Fsp3) is 0.235. The van der Waals surface area contributed by atoms with Crippen molar-refractivity contribution >= 4 is 17.6 Å². The van der Waals surface area contributed by atoms with E-state index < -0.39 is 0 Å². The van der Waals surface area contributed by atoms with Gasteiger partial charge in [0.2, 0.25) is 0 Å². The van der Waals surface area contributed by atoms with Crippen LogP contribution in [0.15, 0.2) is 48.5 Å². The van der Waals surface area contributed by atoms with E-state index in [2.05, 4.69) is 10.6 Å². The molecule has 0 heterocycles. The van der Waals surface area contributed by atoms with Crippen molar-refractivity contribution in [2.45, 2.75) is 19.5 Å². The average molecular weight is 319 g/mol. The van der Waals surface area contributed by atoms with Gasteiger partial charge in [0, 0.05) is 17.1 Å². The van der Waals surface area contributed by atoms with Crippen molar-refractivity contribution in [2.75, 3.05) is 7.11 Å². The van der Waals surface area contributed by atoms with E-state index in [9.17, 15) is 4.79 Å². The molecule has 0 aliphatic carbocycles. The molecule has 0 spiro atoms. The van der Waals surface area contributed by atoms with E-state index in [4.69, 9.17) is 16.3 Å². The summed E-state index contributed by atoms with van der Waals surface area (Å²) in [6.07, 6.45) is 0. The lowest BCUT2D eigenvalue weighted by Crippen LogP contribution is -2.36. The molecule has 2 aromatic carbocycles. The highest BCUT2D eigenvalue weighted by Gasteiger charge is 2.10. The third kappa shape index (κ3) is 4.40. The van der Waals surface area contributed by atoms with Crippen molar-refractivity contribution in [2.24, 2.45) is 0 Å². The predicted octanol–water partition coefficient (Wildman–Crippen LogP) is 3.91. The van der Waals surface area contributed by atoms with Crippen LogP contribution in [0.1, 0.15) is 24.1 Å². The van der Waals surface area contributed by atoms with Crippen LogP contribution in [0.25, 0.3) is 0 Å². The number of carbonyl (C=O) groups is 1. The molecule has 0 unspecified atom stereocenters. The molecule has 0 bridgehead atoms. The monoisotopic (exact) mass is 318 g/mol. The predicted molar refractivity (Wildman–Crippen MR) is 88.2 cm³/mol. The van der Waals surface area contributed by atoms with Gasteiger partial charge in [0.15, 0.2) is 0 Å². The van der Waals surface area contributed by atoms with Gasteiger partial charge in [0.05, 0.1) is 13.2 Å². The summed E-state index contributed by atoms with van der Waals surface area (Å²) >= 11 is 5.96. The minimum Gasteiger partial charge on any atom is -0.496 e. The molecule has 0 aliphatic heterocycles. The molecular formula is C17H19ClN2O2. The lowest BCUT2D eigenvalue weighted by atomic mass is 10.1. The highest BCUT2D eigenvalue weighted by Crippen LogP contribution is 2.18. The van der Waals surface area contributed by atoms with Crippen molar-refractivity contribution in [3.8, 4) is 5.75 Å². The first-order chi connectivity index (χ1) is 10.6. The Kier molecular flexibility index (Phi) is 5.67. The molecule has 5 heteroatoms. The second kappa shape index (κ2) is 7.71. The van der Waals surface area contributed by atoms with Crippen molar-refractivity contribution in [3.63, 3.8) is 0 Å². The zero-order valence-corrected chi connectivity index (χ0v) is 13.4. The van der Waals surface area contributed by atoms with Crippen molar-refractivity contribution in [1.82, 2.24) is 10.6 Å². The van der Waals surface area contributed by atoms with E-state index in [0.717, 1.165) is 16.9 Å². The summed E-state index contributed by atoms with van der Waals surface area (Å²) in [6.45, 7) is 2.31. The molecular weight excluding hydrogens is 300 g/mol. The standard InChI is InChI=1S/C17H19ClN2O2/c1-12(13-7-5-8-15(18)10-13)20-17(21)19-11-14-6-3-4-9-16(14)22-2/h3-10,12H,11H2,1-2H3,(H2,19,20,21)/t12-/m1/s1. The average Bonchev–Trinajstić information content (AvgIpc) is 2.53. The number of hydrogen-bond acceptors (Lipinski definition) is 2. The van der Waals surface area contributed by atoms with Gasteiger partial charge in [-0.05, 0) is 30.7 Å². The number of hydrogen-bond donors (Lipinski definition) is 2. The van der Waals surface area contributed by atoms with Crippen LogP contribution in [0.3, 0.4) is 0 Å². The Morgan fingerprint density at radius 3 is 2.73 bits per heavy atom. The quantitative estimate of drug-likeness (QED) is 0.878. The lowest BCUT2D eigenvalue weighted by molar-refractivity contribution is 0.237. The molecule has 0 radical (unpaired) electrons. The van der Waals surface area contributed by atoms with E-state index in [0.29, 0.717) is 11.6 Å². The molecule has 2 aromatic rings. The second-order valence-corrected chi connectivity index (χ2v) is 5.35. The third-order valence-corrected chi connectivity index (χ3v) is 3.56. The van der Waals surface area contributed by atoms with E-state index in [-0.39, 0.29) is 12.1 Å². The molecule has 2 amide bonds. The lowest BCUT2D eigenvalue weighted by Gasteiger charge is -2.16. The normalized spacial score (nSPS) is 11.6. The highest BCUT2D eigenvalue weighted by atomic mass is 35.5. The van der Waals surface area contributed by atoms with Gasteiger partial charge in [-0.3, -0.25) is 0 Å². The first kappa shape index (κ1) is 16.2. The van der Waals surface area contributed by atoms with Crippen LogP contribution in [0.4, 0.5) is 4.79 Å². The molecule has 0 fully saturated rings. The highest BCUT2D eigenvalue weighted by molar-refractivity contribution is 6.30. The maximum Gasteiger partial charge on any atom is 0.315 e. The Bertz CT molecular complexity index is 646. The first-order valence-electron chi connectivity index (χ1n) is 7.02. The number of para-hydroxylation sites is 1. The van der Waals surface area contributed by atoms with Gasteiger partial charge in [0.25, 0.3) is 0 Å². The van der Waals surface area contributed by atoms with Crippen LogP contribution in [0.2, 0.25) is 5.02 Å². The SMILES string of the molecule is COc1ccccc1CNC(=O)N[C@H](C)c1cccc(Cl)c1. The van der Waals surface area contributed by atoms with Gasteiger partial charge < -0.3 is 15.4 Å². The molecule has 0 saturated heterocycles. The van der Waals surface area contributed by atoms with Crippen molar-refractivity contribution in [3.05, 3.63) is 64.7 Å². The van der Waals surface area contributed by atoms with Crippen LogP contribution < -0.4 is 15.4 Å². The van der Waals surface area contributed by atoms with E-state index in [1.165, 1.54) is 0 Å². The molecule has 0 saturated carbocycles. The van der Waals surface area contributed by atoms with Crippen molar-refractivity contribution in [1.29, 1.82) is 0 Å². The van der Waals surface area contributed by atoms with Gasteiger partial charge in [-0.15, -0.1) is 0 Å². The molecule has 0 aromatic heterocycles. The number of urea groups is 1. The van der Waals surface area contributed by atoms with Crippen LogP contribution in [-0.4, -0.2) is 13.1 Å². The summed E-state index contributed by atoms with van der Waals surface area (Å²) < 4.78 is 5.25. The molecule has 4 nitrogen and oxygen atoms in total. The zero-order chi connectivity index (χ0) is 15.9. The van der Waals surface area contributed by atoms with E-state index in [1.54, 1.807) is 13.2 Å². The zero-order valence-electron chi connectivity index (χ0n) is 12.6. The fourth-order valence-corrected chi connectivity index (χ4v) is 2.33. The fourth-order valence-electron chi connectivity index (χ4n) is 2.13. The number of methoxy groups -OCH3 is 1. The maximum atomic E-state index is 12.0. The molecule has 2 N–H and O–H groups in total. The molecule has 2 rings (SSSR count). The largest absolute Gasteiger partial charge is 0.496 e. The maximum absolute atomic E-state index is 12.0. The Morgan fingerprint density at radius 2 is 2.00 bits per heavy atom. The molecule has 1 atom stereocenters. The Hall–Kier alpha value is -2.20. The topological polar surface area (TPSA) is 50.4 Å². The number of carbonyl (C=O) groups excluding carboxylic acids is 1. The second-order valence-electron chi connectivity index (χ2n) is 4.92. The number of ether oxygens (including phenoxy) is 1. The summed E-state index contributed by atoms with van der Waals surface area (Å²) in [7, 11) is 1.61. The smallest absolute Gasteiger partial charge is 0.315 e. The van der Waals surface area contributed by atoms with Crippen LogP contribution in [0, 0.1) is 0 Å². The summed E-state index contributed by atoms with van der Waals surface area (Å²) in [6, 6.07) is 14.7. The number of halogens is 1. The van der Waals surface area contributed by atoms with E-state index >= 15 is 0 Å². The molecule has 22 heavy (non-hydrogen) atoms. The van der Waals surface area contributed by atoms with E-state index in [1.807, 2.05) is 49.4 Å². The van der Waals surface area contributed by atoms with Gasteiger partial charge in [-0.1, -0.05) is 41.9 Å². The van der Waals surface area contributed by atoms with Gasteiger partial charge in [-0.2, -0.15) is 0 Å². The third-order valence-electron chi connectivity index (χ3n) is 3.33. The summed E-state index contributed by atoms with van der Waals surface area (Å²) in [4.78, 5) is 12.0. The summed E-state index contributed by atoms with van der Waals surface area (Å²) in [5.74, 6) is 0.755. The minimum absolute atomic E-state index is 0.128.